The lowest BCUT2D eigenvalue weighted by Crippen LogP contribution is -2.61. The molecule has 5 aliphatic rings. The van der Waals surface area contributed by atoms with Crippen LogP contribution < -0.4 is 5.73 Å². The molecule has 0 spiro atoms. The number of hydrogen-bond donors (Lipinski definition) is 1. The van der Waals surface area contributed by atoms with Crippen molar-refractivity contribution in [3.8, 4) is 0 Å². The van der Waals surface area contributed by atoms with Crippen LogP contribution >= 0.6 is 0 Å². The molecule has 8 unspecified atom stereocenters. The van der Waals surface area contributed by atoms with Gasteiger partial charge < -0.3 is 5.73 Å². The quantitative estimate of drug-likeness (QED) is 0.542. The van der Waals surface area contributed by atoms with Gasteiger partial charge in [0.1, 0.15) is 0 Å². The summed E-state index contributed by atoms with van der Waals surface area (Å²) in [6.45, 7) is 7.87. The zero-order valence-electron chi connectivity index (χ0n) is 16.8. The average molecular weight is 342 g/mol. The average Bonchev–Trinajstić information content (AvgIpc) is 2.96. The summed E-state index contributed by atoms with van der Waals surface area (Å²) in [6.07, 6.45) is 19.2. The first kappa shape index (κ1) is 16.8. The highest BCUT2D eigenvalue weighted by Crippen LogP contribution is 2.69. The predicted octanol–water partition coefficient (Wildman–Crippen LogP) is 5.94. The molecule has 0 bridgehead atoms. The van der Waals surface area contributed by atoms with Gasteiger partial charge in [0.15, 0.2) is 0 Å². The molecule has 4 saturated carbocycles. The first-order valence-corrected chi connectivity index (χ1v) is 11.3. The van der Waals surface area contributed by atoms with E-state index >= 15 is 0 Å². The fourth-order valence-electron chi connectivity index (χ4n) is 9.49. The first-order valence-electron chi connectivity index (χ1n) is 11.3. The van der Waals surface area contributed by atoms with Crippen molar-refractivity contribution in [3.63, 3.8) is 0 Å². The van der Waals surface area contributed by atoms with E-state index in [1.165, 1.54) is 64.2 Å². The second kappa shape index (κ2) is 5.37. The lowest BCUT2D eigenvalue weighted by Gasteiger charge is -2.66. The Morgan fingerprint density at radius 1 is 0.840 bits per heavy atom. The number of nitrogens with two attached hydrogens (primary N) is 1. The van der Waals surface area contributed by atoms with E-state index in [0.29, 0.717) is 10.8 Å². The molecule has 5 aliphatic carbocycles. The van der Waals surface area contributed by atoms with Crippen LogP contribution in [0, 0.1) is 46.3 Å². The molecular formula is C24H39N. The third kappa shape index (κ3) is 2.11. The molecule has 0 saturated heterocycles. The van der Waals surface area contributed by atoms with Gasteiger partial charge in [0.25, 0.3) is 0 Å². The summed E-state index contributed by atoms with van der Waals surface area (Å²) in [5.74, 6) is 5.41. The summed E-state index contributed by atoms with van der Waals surface area (Å²) in [6, 6.07) is 0. The van der Waals surface area contributed by atoms with Gasteiger partial charge in [0.2, 0.25) is 0 Å². The highest BCUT2D eigenvalue weighted by Gasteiger charge is 2.63. The molecule has 0 aromatic carbocycles. The van der Waals surface area contributed by atoms with Crippen molar-refractivity contribution in [2.45, 2.75) is 90.5 Å². The molecule has 0 heterocycles. The molecule has 1 heteroatoms. The van der Waals surface area contributed by atoms with Gasteiger partial charge >= 0.3 is 0 Å². The molecule has 0 amide bonds. The molecule has 4 fully saturated rings. The maximum Gasteiger partial charge on any atom is 0.0185 e. The molecule has 0 aliphatic heterocycles. The van der Waals surface area contributed by atoms with Crippen LogP contribution in [0.3, 0.4) is 0 Å². The maximum absolute atomic E-state index is 6.92. The van der Waals surface area contributed by atoms with Crippen molar-refractivity contribution in [2.24, 2.45) is 52.1 Å². The predicted molar refractivity (Wildman–Crippen MR) is 105 cm³/mol. The molecule has 1 nitrogen and oxygen atoms in total. The Morgan fingerprint density at radius 3 is 2.48 bits per heavy atom. The van der Waals surface area contributed by atoms with E-state index in [9.17, 15) is 0 Å². The zero-order valence-corrected chi connectivity index (χ0v) is 16.8. The molecule has 5 rings (SSSR count). The molecule has 140 valence electrons. The van der Waals surface area contributed by atoms with E-state index in [1.54, 1.807) is 0 Å². The lowest BCUT2D eigenvalue weighted by atomic mass is 9.39. The van der Waals surface area contributed by atoms with Crippen LogP contribution in [0.1, 0.15) is 85.0 Å². The molecule has 0 aromatic heterocycles. The van der Waals surface area contributed by atoms with Gasteiger partial charge in [-0.25, -0.2) is 0 Å². The van der Waals surface area contributed by atoms with Gasteiger partial charge in [0.05, 0.1) is 0 Å². The first-order chi connectivity index (χ1) is 11.9. The van der Waals surface area contributed by atoms with Crippen molar-refractivity contribution in [2.75, 3.05) is 0 Å². The molecule has 9 atom stereocenters. The molecule has 2 N–H and O–H groups in total. The van der Waals surface area contributed by atoms with Crippen LogP contribution in [-0.4, -0.2) is 5.54 Å². The van der Waals surface area contributed by atoms with Crippen molar-refractivity contribution in [1.82, 2.24) is 0 Å². The van der Waals surface area contributed by atoms with E-state index in [4.69, 9.17) is 5.73 Å². The second-order valence-electron chi connectivity index (χ2n) is 11.3. The van der Waals surface area contributed by atoms with Crippen LogP contribution in [-0.2, 0) is 0 Å². The number of hydrogen-bond acceptors (Lipinski definition) is 1. The molecule has 0 radical (unpaired) electrons. The Balaban J connectivity index is 1.49. The number of fused-ring (bicyclic) bond motifs is 7. The maximum atomic E-state index is 6.92. The molecule has 0 aromatic rings. The van der Waals surface area contributed by atoms with Crippen LogP contribution in [0.4, 0.5) is 0 Å². The van der Waals surface area contributed by atoms with E-state index in [1.807, 2.05) is 0 Å². The summed E-state index contributed by atoms with van der Waals surface area (Å²) in [5, 5.41) is 0. The van der Waals surface area contributed by atoms with E-state index < -0.39 is 0 Å². The van der Waals surface area contributed by atoms with E-state index in [0.717, 1.165) is 35.5 Å². The number of allylic oxidation sites excluding steroid dienone is 2. The monoisotopic (exact) mass is 341 g/mol. The Bertz CT molecular complexity index is 581. The van der Waals surface area contributed by atoms with Gasteiger partial charge in [-0.15, -0.1) is 0 Å². The van der Waals surface area contributed by atoms with E-state index in [-0.39, 0.29) is 5.54 Å². The summed E-state index contributed by atoms with van der Waals surface area (Å²) >= 11 is 0. The number of rotatable bonds is 0. The van der Waals surface area contributed by atoms with Gasteiger partial charge in [-0.2, -0.15) is 0 Å². The third-order valence-corrected chi connectivity index (χ3v) is 10.6. The highest BCUT2D eigenvalue weighted by molar-refractivity contribution is 5.17. The minimum absolute atomic E-state index is 0.216. The fourth-order valence-corrected chi connectivity index (χ4v) is 9.49. The van der Waals surface area contributed by atoms with Gasteiger partial charge in [0, 0.05) is 5.54 Å². The smallest absolute Gasteiger partial charge is 0.0185 e. The van der Waals surface area contributed by atoms with Crippen molar-refractivity contribution in [1.29, 1.82) is 0 Å². The lowest BCUT2D eigenvalue weighted by molar-refractivity contribution is -0.163. The Kier molecular flexibility index (Phi) is 3.62. The standard InChI is InChI=1S/C24H39N/c1-16-6-4-12-22(2)18(16)10-14-23(3)19-11-15-24(25)13-5-7-20(24)17(19)8-9-21(22)23/h4,6,16-21H,5,7-15,25H2,1-3H3/t16?,17?,18?,19?,20-,21?,22?,23?,24?/m1/s1. The summed E-state index contributed by atoms with van der Waals surface area (Å²) in [4.78, 5) is 0. The fraction of sp³-hybridized carbons (Fsp3) is 0.917. The van der Waals surface area contributed by atoms with Crippen LogP contribution in [0.15, 0.2) is 12.2 Å². The zero-order chi connectivity index (χ0) is 17.4. The minimum atomic E-state index is 0.216. The Morgan fingerprint density at radius 2 is 1.64 bits per heavy atom. The van der Waals surface area contributed by atoms with Gasteiger partial charge in [-0.1, -0.05) is 39.3 Å². The van der Waals surface area contributed by atoms with Crippen LogP contribution in [0.5, 0.6) is 0 Å². The summed E-state index contributed by atoms with van der Waals surface area (Å²) in [7, 11) is 0. The molecular weight excluding hydrogens is 302 g/mol. The van der Waals surface area contributed by atoms with Crippen molar-refractivity contribution < 1.29 is 0 Å². The normalized spacial score (nSPS) is 60.3. The molecule has 25 heavy (non-hydrogen) atoms. The van der Waals surface area contributed by atoms with Crippen molar-refractivity contribution in [3.05, 3.63) is 12.2 Å². The Hall–Kier alpha value is -0.300. The third-order valence-electron chi connectivity index (χ3n) is 10.6. The SMILES string of the molecule is CC1C=CCC2(C)C1CCC1(C)C3CCC4(N)CCC[C@@H]4C3CCC21. The minimum Gasteiger partial charge on any atom is -0.325 e. The van der Waals surface area contributed by atoms with Crippen LogP contribution in [0.25, 0.3) is 0 Å². The van der Waals surface area contributed by atoms with E-state index in [2.05, 4.69) is 32.9 Å². The summed E-state index contributed by atoms with van der Waals surface area (Å²) in [5.41, 5.74) is 8.28. The van der Waals surface area contributed by atoms with Crippen LogP contribution in [0.2, 0.25) is 0 Å². The highest BCUT2D eigenvalue weighted by atomic mass is 14.8. The second-order valence-corrected chi connectivity index (χ2v) is 11.3. The van der Waals surface area contributed by atoms with Gasteiger partial charge in [-0.05, 0) is 104 Å². The topological polar surface area (TPSA) is 26.0 Å². The van der Waals surface area contributed by atoms with Crippen molar-refractivity contribution >= 4 is 0 Å². The largest absolute Gasteiger partial charge is 0.325 e. The summed E-state index contributed by atoms with van der Waals surface area (Å²) < 4.78 is 0. The van der Waals surface area contributed by atoms with Gasteiger partial charge in [-0.3, -0.25) is 0 Å². The Labute approximate surface area is 155 Å².